The summed E-state index contributed by atoms with van der Waals surface area (Å²) >= 11 is 0. The van der Waals surface area contributed by atoms with Gasteiger partial charge < -0.3 is 10.2 Å². The summed E-state index contributed by atoms with van der Waals surface area (Å²) in [5.74, 6) is -0.0813. The van der Waals surface area contributed by atoms with E-state index in [1.165, 1.54) is 25.7 Å². The Balaban J connectivity index is 1.72. The van der Waals surface area contributed by atoms with Crippen molar-refractivity contribution < 1.29 is 9.59 Å². The zero-order valence-electron chi connectivity index (χ0n) is 15.5. The number of rotatable bonds is 5. The first-order valence-electron chi connectivity index (χ1n) is 9.76. The first-order chi connectivity index (χ1) is 12.1. The number of aryl methyl sites for hydroxylation is 1. The van der Waals surface area contributed by atoms with Crippen LogP contribution in [0.2, 0.25) is 0 Å². The van der Waals surface area contributed by atoms with Crippen molar-refractivity contribution in [3.05, 3.63) is 29.8 Å². The molecule has 2 aliphatic carbocycles. The van der Waals surface area contributed by atoms with E-state index in [1.54, 1.807) is 4.90 Å². The van der Waals surface area contributed by atoms with Gasteiger partial charge in [0.05, 0.1) is 0 Å². The Labute approximate surface area is 151 Å². The summed E-state index contributed by atoms with van der Waals surface area (Å²) in [5.41, 5.74) is 1.18. The molecule has 3 rings (SSSR count). The van der Waals surface area contributed by atoms with E-state index in [9.17, 15) is 9.59 Å². The molecule has 0 atom stereocenters. The van der Waals surface area contributed by atoms with Gasteiger partial charge in [-0.15, -0.1) is 0 Å². The van der Waals surface area contributed by atoms with Gasteiger partial charge in [0.15, 0.2) is 0 Å². The molecule has 2 amide bonds. The van der Waals surface area contributed by atoms with E-state index in [4.69, 9.17) is 0 Å². The maximum absolute atomic E-state index is 13.2. The number of benzene rings is 1. The molecule has 0 radical (unpaired) electrons. The van der Waals surface area contributed by atoms with Crippen molar-refractivity contribution in [1.82, 2.24) is 5.32 Å². The van der Waals surface area contributed by atoms with Gasteiger partial charge in [-0.3, -0.25) is 9.59 Å². The van der Waals surface area contributed by atoms with Crippen LogP contribution in [0.3, 0.4) is 0 Å². The maximum Gasteiger partial charge on any atom is 0.242 e. The van der Waals surface area contributed by atoms with E-state index in [1.807, 2.05) is 38.1 Å². The van der Waals surface area contributed by atoms with Gasteiger partial charge in [0, 0.05) is 18.3 Å². The molecule has 25 heavy (non-hydrogen) atoms. The van der Waals surface area contributed by atoms with Crippen LogP contribution in [0.1, 0.15) is 63.9 Å². The third-order valence-electron chi connectivity index (χ3n) is 5.66. The van der Waals surface area contributed by atoms with Crippen molar-refractivity contribution in [2.24, 2.45) is 5.41 Å². The Morgan fingerprint density at radius 3 is 2.40 bits per heavy atom. The van der Waals surface area contributed by atoms with Crippen LogP contribution in [-0.4, -0.2) is 24.4 Å². The highest BCUT2D eigenvalue weighted by atomic mass is 16.2. The Morgan fingerprint density at radius 1 is 1.16 bits per heavy atom. The number of hydrogen-bond donors (Lipinski definition) is 1. The second kappa shape index (κ2) is 7.59. The zero-order chi connectivity index (χ0) is 17.9. The normalized spacial score (nSPS) is 19.8. The Kier molecular flexibility index (Phi) is 5.45. The van der Waals surface area contributed by atoms with Crippen LogP contribution < -0.4 is 10.2 Å². The summed E-state index contributed by atoms with van der Waals surface area (Å²) in [4.78, 5) is 27.9. The number of anilines is 1. The van der Waals surface area contributed by atoms with E-state index in [-0.39, 0.29) is 17.9 Å². The van der Waals surface area contributed by atoms with Crippen LogP contribution in [-0.2, 0) is 9.59 Å². The standard InChI is InChI=1S/C21H30N2O2/c1-3-23(18-12-8-9-16(2)15-18)20(25)21(13-14-21)19(24)22-17-10-6-4-5-7-11-17/h8-9,12,15,17H,3-7,10-11,13-14H2,1-2H3,(H,22,24). The first-order valence-corrected chi connectivity index (χ1v) is 9.76. The second-order valence-corrected chi connectivity index (χ2v) is 7.63. The van der Waals surface area contributed by atoms with E-state index in [2.05, 4.69) is 5.32 Å². The van der Waals surface area contributed by atoms with Gasteiger partial charge in [-0.25, -0.2) is 0 Å². The molecule has 0 aliphatic heterocycles. The average Bonchev–Trinajstić information content (AvgIpc) is 3.41. The van der Waals surface area contributed by atoms with E-state index in [0.29, 0.717) is 19.4 Å². The minimum absolute atomic E-state index is 0.0354. The van der Waals surface area contributed by atoms with Gasteiger partial charge in [-0.2, -0.15) is 0 Å². The van der Waals surface area contributed by atoms with E-state index in [0.717, 1.165) is 24.1 Å². The fraction of sp³-hybridized carbons (Fsp3) is 0.619. The Morgan fingerprint density at radius 2 is 1.84 bits per heavy atom. The summed E-state index contributed by atoms with van der Waals surface area (Å²) in [7, 11) is 0. The Bertz CT molecular complexity index is 629. The molecule has 4 heteroatoms. The molecule has 1 N–H and O–H groups in total. The SMILES string of the molecule is CCN(C(=O)C1(C(=O)NC2CCCCCC2)CC1)c1cccc(C)c1. The number of carbonyl (C=O) groups excluding carboxylic acids is 2. The lowest BCUT2D eigenvalue weighted by molar-refractivity contribution is -0.136. The maximum atomic E-state index is 13.2. The molecule has 1 aromatic carbocycles. The summed E-state index contributed by atoms with van der Waals surface area (Å²) in [6.07, 6.45) is 8.31. The lowest BCUT2D eigenvalue weighted by Gasteiger charge is -2.27. The molecule has 0 saturated heterocycles. The number of hydrogen-bond acceptors (Lipinski definition) is 2. The van der Waals surface area contributed by atoms with Crippen LogP contribution in [0, 0.1) is 12.3 Å². The summed E-state index contributed by atoms with van der Waals surface area (Å²) < 4.78 is 0. The molecular formula is C21H30N2O2. The third-order valence-corrected chi connectivity index (χ3v) is 5.66. The number of nitrogens with zero attached hydrogens (tertiary/aromatic N) is 1. The predicted octanol–water partition coefficient (Wildman–Crippen LogP) is 3.97. The summed E-state index contributed by atoms with van der Waals surface area (Å²) in [6.45, 7) is 4.58. The zero-order valence-corrected chi connectivity index (χ0v) is 15.5. The van der Waals surface area contributed by atoms with Gasteiger partial charge in [0.25, 0.3) is 0 Å². The number of carbonyl (C=O) groups is 2. The van der Waals surface area contributed by atoms with Gasteiger partial charge in [0.2, 0.25) is 11.8 Å². The summed E-state index contributed by atoms with van der Waals surface area (Å²) in [6, 6.07) is 8.20. The lowest BCUT2D eigenvalue weighted by Crippen LogP contribution is -2.48. The predicted molar refractivity (Wildman–Crippen MR) is 101 cm³/mol. The van der Waals surface area contributed by atoms with Crippen molar-refractivity contribution >= 4 is 17.5 Å². The fourth-order valence-corrected chi connectivity index (χ4v) is 3.91. The highest BCUT2D eigenvalue weighted by Crippen LogP contribution is 2.48. The minimum Gasteiger partial charge on any atom is -0.352 e. The lowest BCUT2D eigenvalue weighted by atomic mass is 10.0. The highest BCUT2D eigenvalue weighted by Gasteiger charge is 2.58. The van der Waals surface area contributed by atoms with Crippen LogP contribution in [0.15, 0.2) is 24.3 Å². The number of amides is 2. The monoisotopic (exact) mass is 342 g/mol. The van der Waals surface area contributed by atoms with Crippen molar-refractivity contribution in [3.8, 4) is 0 Å². The molecule has 0 bridgehead atoms. The molecule has 136 valence electrons. The van der Waals surface area contributed by atoms with Gasteiger partial charge in [0.1, 0.15) is 5.41 Å². The van der Waals surface area contributed by atoms with Crippen molar-refractivity contribution in [3.63, 3.8) is 0 Å². The van der Waals surface area contributed by atoms with Crippen LogP contribution in [0.25, 0.3) is 0 Å². The van der Waals surface area contributed by atoms with Crippen LogP contribution >= 0.6 is 0 Å². The molecule has 0 heterocycles. The molecular weight excluding hydrogens is 312 g/mol. The Hall–Kier alpha value is -1.84. The molecule has 0 spiro atoms. The quantitative estimate of drug-likeness (QED) is 0.650. The molecule has 2 fully saturated rings. The molecule has 1 aromatic rings. The smallest absolute Gasteiger partial charge is 0.242 e. The van der Waals surface area contributed by atoms with Crippen LogP contribution in [0.4, 0.5) is 5.69 Å². The highest BCUT2D eigenvalue weighted by molar-refractivity contribution is 6.14. The van der Waals surface area contributed by atoms with E-state index < -0.39 is 5.41 Å². The van der Waals surface area contributed by atoms with E-state index >= 15 is 0 Å². The molecule has 0 aromatic heterocycles. The minimum atomic E-state index is -0.827. The van der Waals surface area contributed by atoms with Crippen molar-refractivity contribution in [2.75, 3.05) is 11.4 Å². The first kappa shape index (κ1) is 18.0. The van der Waals surface area contributed by atoms with Crippen LogP contribution in [0.5, 0.6) is 0 Å². The second-order valence-electron chi connectivity index (χ2n) is 7.63. The number of nitrogens with one attached hydrogen (secondary N) is 1. The third kappa shape index (κ3) is 3.88. The van der Waals surface area contributed by atoms with Gasteiger partial charge >= 0.3 is 0 Å². The van der Waals surface area contributed by atoms with Crippen molar-refractivity contribution in [1.29, 1.82) is 0 Å². The summed E-state index contributed by atoms with van der Waals surface area (Å²) in [5, 5.41) is 3.20. The molecule has 4 nitrogen and oxygen atoms in total. The van der Waals surface area contributed by atoms with Gasteiger partial charge in [-0.1, -0.05) is 37.8 Å². The average molecular weight is 342 g/mol. The molecule has 2 saturated carbocycles. The topological polar surface area (TPSA) is 49.4 Å². The van der Waals surface area contributed by atoms with Gasteiger partial charge in [-0.05, 0) is 57.2 Å². The molecule has 0 unspecified atom stereocenters. The largest absolute Gasteiger partial charge is 0.352 e. The fourth-order valence-electron chi connectivity index (χ4n) is 3.91. The van der Waals surface area contributed by atoms with Crippen molar-refractivity contribution in [2.45, 2.75) is 71.3 Å². The molecule has 2 aliphatic rings.